The Labute approximate surface area is 294 Å². The summed E-state index contributed by atoms with van der Waals surface area (Å²) in [4.78, 5) is 28.7. The number of likely N-dealkylation sites (tertiary alicyclic amines) is 1. The van der Waals surface area contributed by atoms with E-state index in [0.29, 0.717) is 30.9 Å². The van der Waals surface area contributed by atoms with Crippen LogP contribution in [-0.4, -0.2) is 86.5 Å². The van der Waals surface area contributed by atoms with Crippen molar-refractivity contribution in [1.82, 2.24) is 9.47 Å². The highest BCUT2D eigenvalue weighted by atomic mass is 32.2. The summed E-state index contributed by atoms with van der Waals surface area (Å²) in [5, 5.41) is 4.18. The van der Waals surface area contributed by atoms with Gasteiger partial charge in [-0.05, 0) is 84.2 Å². The second-order valence-corrected chi connectivity index (χ2v) is 16.1. The third-order valence-electron chi connectivity index (χ3n) is 7.73. The zero-order valence-corrected chi connectivity index (χ0v) is 30.8. The first kappa shape index (κ1) is 38.1. The maximum Gasteiger partial charge on any atom is 0.415 e. The van der Waals surface area contributed by atoms with Crippen molar-refractivity contribution in [2.24, 2.45) is 0 Å². The predicted molar refractivity (Wildman–Crippen MR) is 193 cm³/mol. The molecule has 1 fully saturated rings. The minimum Gasteiger partial charge on any atom is -0.495 e. The molecule has 4 rings (SSSR count). The predicted octanol–water partition coefficient (Wildman–Crippen LogP) is 6.79. The highest BCUT2D eigenvalue weighted by molar-refractivity contribution is 7.90. The summed E-state index contributed by atoms with van der Waals surface area (Å²) in [6.07, 6.45) is 0.701. The lowest BCUT2D eigenvalue weighted by molar-refractivity contribution is 0.0125. The molecule has 0 unspecified atom stereocenters. The molecule has 50 heavy (non-hydrogen) atoms. The molecular weight excluding hydrogens is 663 g/mol. The van der Waals surface area contributed by atoms with Gasteiger partial charge in [-0.25, -0.2) is 22.4 Å². The third kappa shape index (κ3) is 9.50. The van der Waals surface area contributed by atoms with Crippen LogP contribution in [0.1, 0.15) is 53.7 Å². The molecular formula is C37H47FN4O7S. The van der Waals surface area contributed by atoms with Crippen molar-refractivity contribution in [3.8, 4) is 17.6 Å². The fraction of sp³-hybridized carbons (Fsp3) is 0.459. The van der Waals surface area contributed by atoms with Gasteiger partial charge in [0.15, 0.2) is 9.84 Å². The number of halogens is 1. The number of anilines is 2. The molecule has 1 aliphatic heterocycles. The second-order valence-electron chi connectivity index (χ2n) is 14.1. The van der Waals surface area contributed by atoms with Gasteiger partial charge < -0.3 is 29.0 Å². The SMILES string of the molecule is C=CCn1c(C#CCN(C(=O)OC(C)(C)C)c2ccc(S(C)(=O)=O)cc2OC)cc2c(N[C@H]3CCN(C(=O)OC(C)(C)C)C[C@H]3F)cccc21. The number of ether oxygens (including phenoxy) is 3. The number of alkyl halides is 1. The zero-order valence-electron chi connectivity index (χ0n) is 30.0. The highest BCUT2D eigenvalue weighted by Gasteiger charge is 2.34. The van der Waals surface area contributed by atoms with E-state index in [9.17, 15) is 18.0 Å². The Balaban J connectivity index is 1.64. The van der Waals surface area contributed by atoms with E-state index < -0.39 is 45.4 Å². The highest BCUT2D eigenvalue weighted by Crippen LogP contribution is 2.33. The zero-order chi connectivity index (χ0) is 37.0. The number of amides is 2. The number of methoxy groups -OCH3 is 1. The number of allylic oxidation sites excluding steroid dienone is 1. The molecule has 2 aromatic carbocycles. The second kappa shape index (κ2) is 15.0. The first-order chi connectivity index (χ1) is 23.3. The largest absolute Gasteiger partial charge is 0.495 e. The van der Waals surface area contributed by atoms with E-state index in [1.807, 2.05) is 28.8 Å². The number of aromatic nitrogens is 1. The van der Waals surface area contributed by atoms with Gasteiger partial charge in [0, 0.05) is 36.5 Å². The maximum absolute atomic E-state index is 15.4. The van der Waals surface area contributed by atoms with Crippen LogP contribution in [0, 0.1) is 11.8 Å². The summed E-state index contributed by atoms with van der Waals surface area (Å²) >= 11 is 0. The molecule has 1 saturated heterocycles. The Morgan fingerprint density at radius 1 is 1.10 bits per heavy atom. The van der Waals surface area contributed by atoms with Crippen molar-refractivity contribution in [3.63, 3.8) is 0 Å². The van der Waals surface area contributed by atoms with E-state index in [4.69, 9.17) is 14.2 Å². The smallest absolute Gasteiger partial charge is 0.415 e. The van der Waals surface area contributed by atoms with E-state index in [0.717, 1.165) is 22.8 Å². The van der Waals surface area contributed by atoms with Gasteiger partial charge in [0.25, 0.3) is 0 Å². The van der Waals surface area contributed by atoms with Crippen LogP contribution < -0.4 is 15.0 Å². The number of nitrogens with one attached hydrogen (secondary N) is 1. The molecule has 1 aromatic heterocycles. The first-order valence-corrected chi connectivity index (χ1v) is 18.2. The van der Waals surface area contributed by atoms with Crippen molar-refractivity contribution in [1.29, 1.82) is 0 Å². The first-order valence-electron chi connectivity index (χ1n) is 16.3. The third-order valence-corrected chi connectivity index (χ3v) is 8.84. The molecule has 0 spiro atoms. The standard InChI is InChI=1S/C37H47FN4O7S/c1-10-19-41-25(13-12-20-42(35(44)49-37(5,6)7)32-17-16-26(50(9,45)46)23-33(32)47-8)22-27-29(14-11-15-31(27)41)39-30-18-21-40(24-28(30)38)34(43)48-36(2,3)4/h10-11,14-17,22-23,28,30,39H,1,18-21,24H2,2-9H3/t28-,30+/m1/s1. The summed E-state index contributed by atoms with van der Waals surface area (Å²) in [5.74, 6) is 6.42. The van der Waals surface area contributed by atoms with Crippen LogP contribution in [0.4, 0.5) is 25.4 Å². The number of sulfone groups is 1. The fourth-order valence-corrected chi connectivity index (χ4v) is 6.12. The van der Waals surface area contributed by atoms with Crippen LogP contribution >= 0.6 is 0 Å². The van der Waals surface area contributed by atoms with Crippen molar-refractivity contribution in [3.05, 3.63) is 60.8 Å². The number of hydrogen-bond acceptors (Lipinski definition) is 8. The van der Waals surface area contributed by atoms with E-state index in [1.165, 1.54) is 35.1 Å². The van der Waals surface area contributed by atoms with Crippen LogP contribution in [0.15, 0.2) is 60.0 Å². The molecule has 0 saturated carbocycles. The molecule has 2 heterocycles. The molecule has 3 aromatic rings. The fourth-order valence-electron chi connectivity index (χ4n) is 5.48. The number of nitrogens with zero attached hydrogens (tertiary/aromatic N) is 3. The summed E-state index contributed by atoms with van der Waals surface area (Å²) in [6, 6.07) is 11.3. The van der Waals surface area contributed by atoms with Crippen LogP contribution in [0.25, 0.3) is 10.9 Å². The average Bonchev–Trinajstić information content (AvgIpc) is 3.36. The molecule has 1 N–H and O–H groups in total. The number of piperidine rings is 1. The number of hydrogen-bond donors (Lipinski definition) is 1. The number of fused-ring (bicyclic) bond motifs is 1. The molecule has 0 bridgehead atoms. The van der Waals surface area contributed by atoms with Crippen LogP contribution in [0.2, 0.25) is 0 Å². The van der Waals surface area contributed by atoms with Crippen LogP contribution in [0.5, 0.6) is 5.75 Å². The Kier molecular flexibility index (Phi) is 11.5. The van der Waals surface area contributed by atoms with Crippen molar-refractivity contribution < 1.29 is 36.6 Å². The minimum atomic E-state index is -3.53. The average molecular weight is 711 g/mol. The molecule has 2 amide bonds. The van der Waals surface area contributed by atoms with E-state index >= 15 is 4.39 Å². The quantitative estimate of drug-likeness (QED) is 0.201. The molecule has 2 atom stereocenters. The van der Waals surface area contributed by atoms with Gasteiger partial charge in [-0.2, -0.15) is 0 Å². The normalized spacial score (nSPS) is 16.6. The van der Waals surface area contributed by atoms with Crippen LogP contribution in [0.3, 0.4) is 0 Å². The number of benzene rings is 2. The van der Waals surface area contributed by atoms with Crippen molar-refractivity contribution in [2.45, 2.75) is 82.8 Å². The van der Waals surface area contributed by atoms with Gasteiger partial charge in [0.1, 0.15) is 23.1 Å². The molecule has 0 aliphatic carbocycles. The summed E-state index contributed by atoms with van der Waals surface area (Å²) < 4.78 is 58.4. The molecule has 11 nitrogen and oxygen atoms in total. The summed E-state index contributed by atoms with van der Waals surface area (Å²) in [6.45, 7) is 15.1. The Bertz CT molecular complexity index is 1920. The van der Waals surface area contributed by atoms with Gasteiger partial charge in [0.05, 0.1) is 48.0 Å². The van der Waals surface area contributed by atoms with Gasteiger partial charge in [0.2, 0.25) is 0 Å². The van der Waals surface area contributed by atoms with Crippen molar-refractivity contribution >= 4 is 44.3 Å². The van der Waals surface area contributed by atoms with Crippen LogP contribution in [-0.2, 0) is 25.9 Å². The van der Waals surface area contributed by atoms with E-state index in [2.05, 4.69) is 23.7 Å². The summed E-state index contributed by atoms with van der Waals surface area (Å²) in [5.41, 5.74) is 1.02. The van der Waals surface area contributed by atoms with Gasteiger partial charge in [-0.3, -0.25) is 4.90 Å². The van der Waals surface area contributed by atoms with Gasteiger partial charge in [-0.1, -0.05) is 18.1 Å². The Morgan fingerprint density at radius 2 is 1.80 bits per heavy atom. The molecule has 1 aliphatic rings. The number of rotatable bonds is 8. The molecule has 270 valence electrons. The minimum absolute atomic E-state index is 0.0411. The van der Waals surface area contributed by atoms with Crippen molar-refractivity contribution in [2.75, 3.05) is 43.2 Å². The summed E-state index contributed by atoms with van der Waals surface area (Å²) in [7, 11) is -2.14. The van der Waals surface area contributed by atoms with E-state index in [-0.39, 0.29) is 23.7 Å². The monoisotopic (exact) mass is 710 g/mol. The lowest BCUT2D eigenvalue weighted by atomic mass is 10.0. The van der Waals surface area contributed by atoms with E-state index in [1.54, 1.807) is 47.6 Å². The topological polar surface area (TPSA) is 119 Å². The lowest BCUT2D eigenvalue weighted by Crippen LogP contribution is -2.51. The van der Waals surface area contributed by atoms with Gasteiger partial charge in [-0.15, -0.1) is 6.58 Å². The maximum atomic E-state index is 15.4. The molecule has 13 heteroatoms. The Hall–Kier alpha value is -4.70. The number of carbonyl (C=O) groups is 2. The molecule has 0 radical (unpaired) electrons. The number of carbonyl (C=O) groups excluding carboxylic acids is 2. The van der Waals surface area contributed by atoms with Gasteiger partial charge >= 0.3 is 12.2 Å². The Morgan fingerprint density at radius 3 is 2.40 bits per heavy atom. The lowest BCUT2D eigenvalue weighted by Gasteiger charge is -2.36.